The van der Waals surface area contributed by atoms with Crippen LogP contribution >= 0.6 is 0 Å². The third-order valence-electron chi connectivity index (χ3n) is 6.77. The number of carbonyl (C=O) groups excluding carboxylic acids is 2. The topological polar surface area (TPSA) is 119 Å². The van der Waals surface area contributed by atoms with Crippen molar-refractivity contribution < 1.29 is 34.3 Å². The zero-order chi connectivity index (χ0) is 34.1. The Morgan fingerprint density at radius 2 is 1.71 bits per heavy atom. The van der Waals surface area contributed by atoms with Gasteiger partial charge in [0, 0.05) is 14.1 Å². The molecule has 3 aromatic carbocycles. The van der Waals surface area contributed by atoms with E-state index in [-0.39, 0.29) is 42.0 Å². The van der Waals surface area contributed by atoms with Crippen LogP contribution in [0.4, 0.5) is 0 Å². The third kappa shape index (κ3) is 6.78. The van der Waals surface area contributed by atoms with Gasteiger partial charge < -0.3 is 20.1 Å². The lowest BCUT2D eigenvalue weighted by molar-refractivity contribution is -0.163. The number of rotatable bonds is 11. The zero-order valence-corrected chi connectivity index (χ0v) is 24.2. The van der Waals surface area contributed by atoms with E-state index in [1.165, 1.54) is 27.4 Å². The number of benzene rings is 3. The number of sulfonamides is 1. The molecule has 0 spiro atoms. The number of para-hydroxylation sites is 1. The number of hydrogen-bond acceptors (Lipinski definition) is 7. The van der Waals surface area contributed by atoms with E-state index in [0.29, 0.717) is 11.1 Å². The Morgan fingerprint density at radius 3 is 2.32 bits per heavy atom. The lowest BCUT2D eigenvalue weighted by Gasteiger charge is -2.48. The standard InChI is InChI=1S/C31H37N3O6S/c1-22(2)28(29(35)33(3)4)39-30(36)27(32)19-23-12-11-17-26(18-23)41(37,38)34-20-31(21-34,24-13-7-5-8-14-24)40-25-15-9-6-10-16-25/h5-18,22,27-28H,19-21,32H2,1-4H3/t27-,28?/m0/s1/i6D,9D,10D,15D,16D. The quantitative estimate of drug-likeness (QED) is 0.344. The van der Waals surface area contributed by atoms with E-state index in [2.05, 4.69) is 0 Å². The van der Waals surface area contributed by atoms with Gasteiger partial charge >= 0.3 is 5.97 Å². The molecule has 2 N–H and O–H groups in total. The van der Waals surface area contributed by atoms with Crippen LogP contribution in [0.25, 0.3) is 0 Å². The number of esters is 1. The Kier molecular flexibility index (Phi) is 7.25. The van der Waals surface area contributed by atoms with Gasteiger partial charge in [0.15, 0.2) is 11.7 Å². The van der Waals surface area contributed by atoms with Crippen LogP contribution in [-0.2, 0) is 36.4 Å². The first-order chi connectivity index (χ1) is 21.5. The van der Waals surface area contributed by atoms with E-state index >= 15 is 0 Å². The van der Waals surface area contributed by atoms with Crippen LogP contribution in [0.2, 0.25) is 0 Å². The second-order valence-electron chi connectivity index (χ2n) is 10.5. The van der Waals surface area contributed by atoms with Gasteiger partial charge in [0.2, 0.25) is 10.0 Å². The van der Waals surface area contributed by atoms with E-state index < -0.39 is 64.0 Å². The van der Waals surface area contributed by atoms with Crippen molar-refractivity contribution >= 4 is 21.9 Å². The first kappa shape index (κ1) is 23.9. The molecular weight excluding hydrogens is 542 g/mol. The first-order valence-corrected chi connectivity index (χ1v) is 14.5. The Balaban J connectivity index is 1.55. The average Bonchev–Trinajstić information content (AvgIpc) is 3.00. The fourth-order valence-corrected chi connectivity index (χ4v) is 6.09. The zero-order valence-electron chi connectivity index (χ0n) is 28.4. The SMILES string of the molecule is [2H]c1c([2H])c([2H])c(OC2(c3ccccc3)CN(S(=O)(=O)c3cccc(C[C@H](N)C(=O)OC(C(=O)N(C)C)C(C)C)c3)C2)c([2H])c1[2H]. The Morgan fingerprint density at radius 1 is 1.05 bits per heavy atom. The molecule has 1 amide bonds. The van der Waals surface area contributed by atoms with Crippen LogP contribution in [-0.4, -0.2) is 68.8 Å². The molecule has 1 aliphatic rings. The minimum absolute atomic E-state index is 0.0459. The number of likely N-dealkylation sites (N-methyl/N-ethyl adjacent to an activating group) is 1. The summed E-state index contributed by atoms with van der Waals surface area (Å²) in [7, 11) is -0.984. The maximum atomic E-state index is 13.8. The molecule has 1 heterocycles. The molecule has 9 nitrogen and oxygen atoms in total. The first-order valence-electron chi connectivity index (χ1n) is 15.6. The molecule has 1 aliphatic heterocycles. The highest BCUT2D eigenvalue weighted by Crippen LogP contribution is 2.40. The lowest BCUT2D eigenvalue weighted by Crippen LogP contribution is -2.63. The van der Waals surface area contributed by atoms with Crippen LogP contribution in [0.3, 0.4) is 0 Å². The van der Waals surface area contributed by atoms with Crippen LogP contribution in [0.5, 0.6) is 5.75 Å². The van der Waals surface area contributed by atoms with Crippen molar-refractivity contribution in [3.05, 3.63) is 95.9 Å². The molecule has 4 rings (SSSR count). The summed E-state index contributed by atoms with van der Waals surface area (Å²) in [6, 6.07) is 10.7. The molecule has 1 saturated heterocycles. The smallest absolute Gasteiger partial charge is 0.324 e. The van der Waals surface area contributed by atoms with Gasteiger partial charge in [-0.3, -0.25) is 9.59 Å². The second-order valence-corrected chi connectivity index (χ2v) is 12.4. The van der Waals surface area contributed by atoms with Gasteiger partial charge in [-0.1, -0.05) is 74.4 Å². The summed E-state index contributed by atoms with van der Waals surface area (Å²) in [5.74, 6) is -1.83. The maximum Gasteiger partial charge on any atom is 0.324 e. The van der Waals surface area contributed by atoms with E-state index in [0.717, 1.165) is 0 Å². The molecule has 1 fully saturated rings. The van der Waals surface area contributed by atoms with Gasteiger partial charge in [0.05, 0.1) is 24.8 Å². The Hall–Kier alpha value is -3.73. The molecule has 2 atom stereocenters. The summed E-state index contributed by atoms with van der Waals surface area (Å²) >= 11 is 0. The molecule has 1 unspecified atom stereocenters. The summed E-state index contributed by atoms with van der Waals surface area (Å²) in [6.45, 7) is 3.09. The van der Waals surface area contributed by atoms with Crippen LogP contribution in [0.1, 0.15) is 31.8 Å². The molecule has 3 aromatic rings. The lowest BCUT2D eigenvalue weighted by atomic mass is 9.87. The molecule has 0 radical (unpaired) electrons. The van der Waals surface area contributed by atoms with Gasteiger partial charge in [0.1, 0.15) is 11.8 Å². The molecule has 0 aliphatic carbocycles. The van der Waals surface area contributed by atoms with Crippen molar-refractivity contribution in [3.8, 4) is 5.75 Å². The molecular formula is C31H37N3O6S. The second kappa shape index (κ2) is 12.4. The Labute approximate surface area is 248 Å². The summed E-state index contributed by atoms with van der Waals surface area (Å²) in [4.78, 5) is 26.5. The van der Waals surface area contributed by atoms with Gasteiger partial charge in [-0.05, 0) is 47.7 Å². The molecule has 41 heavy (non-hydrogen) atoms. The van der Waals surface area contributed by atoms with Crippen LogP contribution in [0, 0.1) is 5.92 Å². The van der Waals surface area contributed by atoms with Crippen molar-refractivity contribution in [3.63, 3.8) is 0 Å². The summed E-state index contributed by atoms with van der Waals surface area (Å²) in [6.07, 6.45) is -1.06. The molecule has 0 aromatic heterocycles. The van der Waals surface area contributed by atoms with Gasteiger partial charge in [-0.2, -0.15) is 4.31 Å². The van der Waals surface area contributed by atoms with Crippen molar-refractivity contribution in [2.75, 3.05) is 27.2 Å². The summed E-state index contributed by atoms with van der Waals surface area (Å²) in [5.41, 5.74) is 5.81. The highest BCUT2D eigenvalue weighted by Gasteiger charge is 2.52. The molecule has 0 saturated carbocycles. The van der Waals surface area contributed by atoms with Crippen molar-refractivity contribution in [1.29, 1.82) is 0 Å². The largest absolute Gasteiger partial charge is 0.480 e. The number of hydrogen-bond donors (Lipinski definition) is 1. The van der Waals surface area contributed by atoms with E-state index in [4.69, 9.17) is 22.1 Å². The minimum Gasteiger partial charge on any atom is -0.480 e. The number of carbonyl (C=O) groups is 2. The van der Waals surface area contributed by atoms with Crippen LogP contribution < -0.4 is 10.5 Å². The number of nitrogens with zero attached hydrogens (tertiary/aromatic N) is 2. The van der Waals surface area contributed by atoms with Gasteiger partial charge in [-0.15, -0.1) is 0 Å². The predicted molar refractivity (Wildman–Crippen MR) is 155 cm³/mol. The van der Waals surface area contributed by atoms with Crippen molar-refractivity contribution in [2.45, 2.75) is 42.9 Å². The monoisotopic (exact) mass is 584 g/mol. The van der Waals surface area contributed by atoms with E-state index in [9.17, 15) is 18.0 Å². The molecule has 218 valence electrons. The third-order valence-corrected chi connectivity index (χ3v) is 8.55. The van der Waals surface area contributed by atoms with Gasteiger partial charge in [-0.25, -0.2) is 8.42 Å². The Bertz CT molecular complexity index is 1700. The number of nitrogens with two attached hydrogens (primary N) is 1. The maximum absolute atomic E-state index is 13.8. The minimum atomic E-state index is -4.10. The fourth-order valence-electron chi connectivity index (χ4n) is 4.48. The summed E-state index contributed by atoms with van der Waals surface area (Å²) in [5, 5.41) is 0. The van der Waals surface area contributed by atoms with Crippen molar-refractivity contribution in [2.24, 2.45) is 11.7 Å². The van der Waals surface area contributed by atoms with Crippen LogP contribution in [0.15, 0.2) is 89.7 Å². The van der Waals surface area contributed by atoms with E-state index in [1.807, 2.05) is 0 Å². The summed E-state index contributed by atoms with van der Waals surface area (Å²) < 4.78 is 80.7. The predicted octanol–water partition coefficient (Wildman–Crippen LogP) is 3.19. The average molecular weight is 585 g/mol. The number of ether oxygens (including phenoxy) is 2. The van der Waals surface area contributed by atoms with Gasteiger partial charge in [0.25, 0.3) is 5.91 Å². The highest BCUT2D eigenvalue weighted by atomic mass is 32.2. The number of amides is 1. The highest BCUT2D eigenvalue weighted by molar-refractivity contribution is 7.89. The molecule has 0 bridgehead atoms. The fraction of sp³-hybridized carbons (Fsp3) is 0.355. The van der Waals surface area contributed by atoms with E-state index in [1.54, 1.807) is 64.3 Å². The normalized spacial score (nSPS) is 18.0. The van der Waals surface area contributed by atoms with Crippen molar-refractivity contribution in [1.82, 2.24) is 9.21 Å². The molecule has 10 heteroatoms.